The minimum atomic E-state index is -1.42. The van der Waals surface area contributed by atoms with Crippen LogP contribution >= 0.6 is 21.6 Å². The zero-order valence-electron chi connectivity index (χ0n) is 45.9. The Morgan fingerprint density at radius 2 is 1.23 bits per heavy atom. The molecule has 3 aromatic carbocycles. The zero-order valence-corrected chi connectivity index (χ0v) is 47.5. The van der Waals surface area contributed by atoms with Crippen molar-refractivity contribution in [3.8, 4) is 0 Å². The van der Waals surface area contributed by atoms with Gasteiger partial charge in [-0.3, -0.25) is 58.1 Å². The number of H-pyrrole nitrogens is 1. The number of aromatic amines is 1. The van der Waals surface area contributed by atoms with Crippen LogP contribution in [0.3, 0.4) is 0 Å². The standard InChI is InChI=1S/C55H71N17O9S2/c1-30-47(75)68-42(24-33-22-34-14-6-8-16-37(34)63-26-33)51(79)69-41(23-32-12-4-3-5-13-32)50(78)67-40(19-11-21-62-55(59)60)49(77)70-43(25-35-27-64-38-17-9-7-15-36(35)38)52(80)71-44(46(56)74)28-82-83-29-45(53(81)65-30)72-48(76)39(66-31(2)73)18-10-20-61-54(57)58/h3-9,12-17,22,26-27,30,39-45,64H,10-11,18-21,23-25,28-29H2,1-2H3,(H2,56,74)(H,65,81)(H,66,73)(H,67,78)(H,68,75)(H,69,79)(H,70,77)(H,71,80)(H,72,76)(H4,57,58,61)(H4,59,60,62)/t30-,39+,40+,41-,42?,43+,44+,45+/m1/s1. The van der Waals surface area contributed by atoms with E-state index in [2.05, 4.69) is 62.5 Å². The van der Waals surface area contributed by atoms with Crippen LogP contribution in [-0.2, 0) is 62.4 Å². The number of hydrogen-bond donors (Lipinski definition) is 14. The maximum absolute atomic E-state index is 14.9. The third-order valence-corrected chi connectivity index (χ3v) is 15.6. The number of nitrogens with one attached hydrogen (secondary N) is 9. The molecule has 1 aliphatic rings. The monoisotopic (exact) mass is 1180 g/mol. The number of amides is 9. The molecule has 442 valence electrons. The molecule has 1 unspecified atom stereocenters. The second kappa shape index (κ2) is 31.3. The lowest BCUT2D eigenvalue weighted by atomic mass is 10.0. The summed E-state index contributed by atoms with van der Waals surface area (Å²) >= 11 is 0. The Hall–Kier alpha value is -8.92. The van der Waals surface area contributed by atoms with Gasteiger partial charge in [0.2, 0.25) is 53.2 Å². The first-order valence-electron chi connectivity index (χ1n) is 26.7. The van der Waals surface area contributed by atoms with Crippen LogP contribution in [0.2, 0.25) is 0 Å². The van der Waals surface area contributed by atoms with Crippen LogP contribution in [0.1, 0.15) is 56.2 Å². The molecule has 1 aliphatic heterocycles. The van der Waals surface area contributed by atoms with E-state index in [4.69, 9.17) is 28.7 Å². The highest BCUT2D eigenvalue weighted by molar-refractivity contribution is 8.76. The predicted molar refractivity (Wildman–Crippen MR) is 318 cm³/mol. The Morgan fingerprint density at radius 1 is 0.651 bits per heavy atom. The number of para-hydroxylation sites is 2. The molecule has 28 heteroatoms. The summed E-state index contributed by atoms with van der Waals surface area (Å²) in [6.07, 6.45) is 3.27. The Morgan fingerprint density at radius 3 is 1.92 bits per heavy atom. The average molecular weight is 1180 g/mol. The van der Waals surface area contributed by atoms with Crippen LogP contribution in [0.4, 0.5) is 0 Å². The van der Waals surface area contributed by atoms with Gasteiger partial charge in [0.25, 0.3) is 0 Å². The first-order valence-corrected chi connectivity index (χ1v) is 29.2. The molecule has 0 radical (unpaired) electrons. The molecular weight excluding hydrogens is 1110 g/mol. The molecular formula is C55H71N17O9S2. The Bertz CT molecular complexity index is 3170. The van der Waals surface area contributed by atoms with E-state index in [1.807, 2.05) is 42.5 Å². The van der Waals surface area contributed by atoms with Gasteiger partial charge in [-0.25, -0.2) is 0 Å². The van der Waals surface area contributed by atoms with E-state index in [9.17, 15) is 43.2 Å². The molecule has 0 bridgehead atoms. The van der Waals surface area contributed by atoms with Gasteiger partial charge in [0.15, 0.2) is 11.9 Å². The number of primary amides is 1. The summed E-state index contributed by atoms with van der Waals surface area (Å²) in [5.74, 6) is -7.96. The fourth-order valence-electron chi connectivity index (χ4n) is 8.90. The van der Waals surface area contributed by atoms with Crippen molar-refractivity contribution < 1.29 is 43.2 Å². The highest BCUT2D eigenvalue weighted by Crippen LogP contribution is 2.24. The lowest BCUT2D eigenvalue weighted by Crippen LogP contribution is -2.61. The van der Waals surface area contributed by atoms with Gasteiger partial charge in [0, 0.05) is 79.5 Å². The lowest BCUT2D eigenvalue weighted by molar-refractivity contribution is -0.135. The SMILES string of the molecule is CC(=O)N[C@@H](CCCN=C(N)N)C(=O)N[C@H]1CSSC[C@@H](C(N)=O)NC(=O)[C@H](Cc2c[nH]c3ccccc23)NC(=O)[C@H](CCCN=C(N)N)NC(=O)[C@@H](Cc2ccccc2)NC(=O)C(Cc2cnc3ccccc3c2)NC(=O)[C@@H](C)NC1=O. The van der Waals surface area contributed by atoms with Crippen LogP contribution in [-0.4, -0.2) is 148 Å². The van der Waals surface area contributed by atoms with E-state index in [1.165, 1.54) is 13.8 Å². The number of nitrogens with two attached hydrogens (primary N) is 5. The summed E-state index contributed by atoms with van der Waals surface area (Å²) in [7, 11) is 2.02. The van der Waals surface area contributed by atoms with Crippen LogP contribution in [0.5, 0.6) is 0 Å². The second-order valence-electron chi connectivity index (χ2n) is 19.7. The number of benzene rings is 3. The maximum atomic E-state index is 14.9. The quantitative estimate of drug-likeness (QED) is 0.0209. The van der Waals surface area contributed by atoms with Crippen LogP contribution < -0.4 is 71.2 Å². The molecule has 1 fully saturated rings. The summed E-state index contributed by atoms with van der Waals surface area (Å²) in [4.78, 5) is 143. The van der Waals surface area contributed by atoms with Crippen LogP contribution in [0, 0.1) is 0 Å². The third-order valence-electron chi connectivity index (χ3n) is 13.2. The number of rotatable bonds is 18. The highest BCUT2D eigenvalue weighted by Gasteiger charge is 2.35. The lowest BCUT2D eigenvalue weighted by Gasteiger charge is -2.27. The molecule has 0 spiro atoms. The van der Waals surface area contributed by atoms with Gasteiger partial charge in [0.05, 0.1) is 5.52 Å². The second-order valence-corrected chi connectivity index (χ2v) is 22.3. The van der Waals surface area contributed by atoms with Crippen molar-refractivity contribution in [1.82, 2.24) is 52.5 Å². The number of carbonyl (C=O) groups excluding carboxylic acids is 9. The number of hydrogen-bond acceptors (Lipinski definition) is 14. The molecule has 2 aromatic heterocycles. The summed E-state index contributed by atoms with van der Waals surface area (Å²) in [6, 6.07) is 14.2. The fraction of sp³-hybridized carbons (Fsp3) is 0.382. The summed E-state index contributed by atoms with van der Waals surface area (Å²) in [5, 5.41) is 23.1. The van der Waals surface area contributed by atoms with E-state index in [0.29, 0.717) is 22.2 Å². The number of aromatic nitrogens is 2. The summed E-state index contributed by atoms with van der Waals surface area (Å²) < 4.78 is 0. The largest absolute Gasteiger partial charge is 0.370 e. The van der Waals surface area contributed by atoms with Gasteiger partial charge in [-0.2, -0.15) is 0 Å². The van der Waals surface area contributed by atoms with Crippen molar-refractivity contribution in [2.75, 3.05) is 24.6 Å². The molecule has 0 saturated carbocycles. The van der Waals surface area contributed by atoms with Crippen molar-refractivity contribution >= 4 is 108 Å². The fourth-order valence-corrected chi connectivity index (χ4v) is 11.2. The highest BCUT2D eigenvalue weighted by atomic mass is 33.1. The summed E-state index contributed by atoms with van der Waals surface area (Å²) in [6.45, 7) is 2.76. The smallest absolute Gasteiger partial charge is 0.244 e. The molecule has 19 N–H and O–H groups in total. The van der Waals surface area contributed by atoms with E-state index >= 15 is 0 Å². The molecule has 0 aliphatic carbocycles. The molecule has 8 atom stereocenters. The first kappa shape index (κ1) is 63.3. The predicted octanol–water partition coefficient (Wildman–Crippen LogP) is -1.35. The Balaban J connectivity index is 1.40. The van der Waals surface area contributed by atoms with Gasteiger partial charge in [0.1, 0.15) is 48.3 Å². The normalized spacial score (nSPS) is 21.1. The minimum Gasteiger partial charge on any atom is -0.370 e. The van der Waals surface area contributed by atoms with E-state index in [-0.39, 0.29) is 81.5 Å². The molecule has 83 heavy (non-hydrogen) atoms. The van der Waals surface area contributed by atoms with E-state index in [1.54, 1.807) is 54.9 Å². The Labute approximate surface area is 486 Å². The maximum Gasteiger partial charge on any atom is 0.244 e. The molecule has 26 nitrogen and oxygen atoms in total. The molecule has 6 rings (SSSR count). The van der Waals surface area contributed by atoms with Crippen LogP contribution in [0.15, 0.2) is 107 Å². The van der Waals surface area contributed by atoms with Crippen molar-refractivity contribution in [1.29, 1.82) is 0 Å². The van der Waals surface area contributed by atoms with Crippen molar-refractivity contribution in [3.05, 3.63) is 114 Å². The molecule has 5 aromatic rings. The van der Waals surface area contributed by atoms with Gasteiger partial charge >= 0.3 is 0 Å². The van der Waals surface area contributed by atoms with Gasteiger partial charge in [-0.15, -0.1) is 0 Å². The van der Waals surface area contributed by atoms with Crippen LogP contribution in [0.25, 0.3) is 21.8 Å². The summed E-state index contributed by atoms with van der Waals surface area (Å²) in [5.41, 5.74) is 31.2. The van der Waals surface area contributed by atoms with Crippen molar-refractivity contribution in [3.63, 3.8) is 0 Å². The molecule has 9 amide bonds. The number of guanidine groups is 2. The van der Waals surface area contributed by atoms with Gasteiger partial charge in [-0.05, 0) is 67.5 Å². The van der Waals surface area contributed by atoms with Gasteiger partial charge < -0.3 is 76.2 Å². The number of carbonyl (C=O) groups is 9. The Kier molecular flexibility index (Phi) is 23.9. The van der Waals surface area contributed by atoms with Crippen molar-refractivity contribution in [2.45, 2.75) is 107 Å². The number of aliphatic imine (C=N–C) groups is 2. The number of fused-ring (bicyclic) bond motifs is 2. The van der Waals surface area contributed by atoms with E-state index < -0.39 is 101 Å². The van der Waals surface area contributed by atoms with Crippen molar-refractivity contribution in [2.24, 2.45) is 38.7 Å². The zero-order chi connectivity index (χ0) is 60.0. The average Bonchev–Trinajstić information content (AvgIpc) is 4.17. The molecule has 1 saturated heterocycles. The van der Waals surface area contributed by atoms with E-state index in [0.717, 1.165) is 37.9 Å². The van der Waals surface area contributed by atoms with Gasteiger partial charge in [-0.1, -0.05) is 88.3 Å². The topological polar surface area (TPSA) is 433 Å². The molecule has 3 heterocycles. The number of pyridine rings is 1. The third kappa shape index (κ3) is 19.9. The number of nitrogens with zero attached hydrogens (tertiary/aromatic N) is 3. The first-order chi connectivity index (χ1) is 39.7. The minimum absolute atomic E-state index is 0.0534.